The molecule has 8 heteroatoms. The van der Waals surface area contributed by atoms with Crippen LogP contribution in [0.1, 0.15) is 15.9 Å². The SMILES string of the molecule is CN(C)c1ccc(C(=O)Nc2nnc(SCc3ccc(F)cc3)s2)cc1. The van der Waals surface area contributed by atoms with Gasteiger partial charge >= 0.3 is 0 Å². The maximum atomic E-state index is 12.9. The van der Waals surface area contributed by atoms with Gasteiger partial charge in [0, 0.05) is 31.1 Å². The lowest BCUT2D eigenvalue weighted by Crippen LogP contribution is -2.13. The molecule has 1 heterocycles. The van der Waals surface area contributed by atoms with Gasteiger partial charge in [-0.1, -0.05) is 35.2 Å². The lowest BCUT2D eigenvalue weighted by atomic mass is 10.2. The molecule has 1 amide bonds. The van der Waals surface area contributed by atoms with Crippen LogP contribution in [0.4, 0.5) is 15.2 Å². The average molecular weight is 388 g/mol. The van der Waals surface area contributed by atoms with Crippen molar-refractivity contribution in [2.24, 2.45) is 0 Å². The van der Waals surface area contributed by atoms with E-state index in [9.17, 15) is 9.18 Å². The van der Waals surface area contributed by atoms with E-state index >= 15 is 0 Å². The maximum Gasteiger partial charge on any atom is 0.257 e. The Kier molecular flexibility index (Phi) is 5.85. The van der Waals surface area contributed by atoms with Gasteiger partial charge in [-0.15, -0.1) is 10.2 Å². The van der Waals surface area contributed by atoms with Crippen LogP contribution >= 0.6 is 23.1 Å². The topological polar surface area (TPSA) is 58.1 Å². The molecule has 3 rings (SSSR count). The molecule has 1 aromatic heterocycles. The minimum Gasteiger partial charge on any atom is -0.378 e. The van der Waals surface area contributed by atoms with Crippen molar-refractivity contribution in [2.45, 2.75) is 10.1 Å². The number of thioether (sulfide) groups is 1. The van der Waals surface area contributed by atoms with E-state index in [1.165, 1.54) is 35.2 Å². The van der Waals surface area contributed by atoms with Gasteiger partial charge in [0.1, 0.15) is 5.82 Å². The molecule has 0 aliphatic heterocycles. The molecule has 0 saturated heterocycles. The Balaban J connectivity index is 1.57. The predicted octanol–water partition coefficient (Wildman–Crippen LogP) is 4.29. The van der Waals surface area contributed by atoms with Gasteiger partial charge in [-0.25, -0.2) is 4.39 Å². The van der Waals surface area contributed by atoms with Crippen LogP contribution in [0.2, 0.25) is 0 Å². The number of amides is 1. The molecule has 0 radical (unpaired) electrons. The smallest absolute Gasteiger partial charge is 0.257 e. The van der Waals surface area contributed by atoms with Crippen molar-refractivity contribution in [1.29, 1.82) is 0 Å². The fourth-order valence-corrected chi connectivity index (χ4v) is 3.83. The quantitative estimate of drug-likeness (QED) is 0.504. The molecular weight excluding hydrogens is 371 g/mol. The van der Waals surface area contributed by atoms with E-state index < -0.39 is 0 Å². The van der Waals surface area contributed by atoms with Gasteiger partial charge in [0.25, 0.3) is 5.91 Å². The number of halogens is 1. The van der Waals surface area contributed by atoms with Crippen molar-refractivity contribution in [3.05, 3.63) is 65.5 Å². The summed E-state index contributed by atoms with van der Waals surface area (Å²) in [6.07, 6.45) is 0. The van der Waals surface area contributed by atoms with Crippen molar-refractivity contribution in [3.63, 3.8) is 0 Å². The Hall–Kier alpha value is -2.45. The van der Waals surface area contributed by atoms with Gasteiger partial charge in [-0.05, 0) is 42.0 Å². The molecule has 134 valence electrons. The van der Waals surface area contributed by atoms with Crippen LogP contribution in [0, 0.1) is 5.82 Å². The highest BCUT2D eigenvalue weighted by molar-refractivity contribution is 8.00. The monoisotopic (exact) mass is 388 g/mol. The molecule has 3 aromatic rings. The van der Waals surface area contributed by atoms with E-state index in [2.05, 4.69) is 15.5 Å². The maximum absolute atomic E-state index is 12.9. The first-order valence-corrected chi connectivity index (χ1v) is 9.61. The van der Waals surface area contributed by atoms with Crippen molar-refractivity contribution in [1.82, 2.24) is 10.2 Å². The summed E-state index contributed by atoms with van der Waals surface area (Å²) < 4.78 is 13.6. The molecular formula is C18H17FN4OS2. The third-order valence-electron chi connectivity index (χ3n) is 3.55. The number of nitrogens with zero attached hydrogens (tertiary/aromatic N) is 3. The van der Waals surface area contributed by atoms with Crippen LogP contribution < -0.4 is 10.2 Å². The molecule has 0 fully saturated rings. The Labute approximate surface area is 159 Å². The Morgan fingerprint density at radius 1 is 1.12 bits per heavy atom. The van der Waals surface area contributed by atoms with E-state index in [1.54, 1.807) is 24.3 Å². The number of benzene rings is 2. The van der Waals surface area contributed by atoms with Gasteiger partial charge in [-0.2, -0.15) is 0 Å². The molecule has 1 N–H and O–H groups in total. The summed E-state index contributed by atoms with van der Waals surface area (Å²) >= 11 is 2.81. The number of carbonyl (C=O) groups is 1. The first-order valence-electron chi connectivity index (χ1n) is 7.81. The Morgan fingerprint density at radius 3 is 2.46 bits per heavy atom. The van der Waals surface area contributed by atoms with E-state index in [-0.39, 0.29) is 11.7 Å². The molecule has 2 aromatic carbocycles. The molecule has 0 spiro atoms. The van der Waals surface area contributed by atoms with Crippen molar-refractivity contribution in [2.75, 3.05) is 24.3 Å². The van der Waals surface area contributed by atoms with Gasteiger partial charge in [0.2, 0.25) is 5.13 Å². The zero-order chi connectivity index (χ0) is 18.5. The first kappa shape index (κ1) is 18.3. The van der Waals surface area contributed by atoms with Gasteiger partial charge < -0.3 is 4.90 Å². The summed E-state index contributed by atoms with van der Waals surface area (Å²) in [4.78, 5) is 14.3. The fraction of sp³-hybridized carbons (Fsp3) is 0.167. The zero-order valence-corrected chi connectivity index (χ0v) is 15.9. The average Bonchev–Trinajstić information content (AvgIpc) is 3.08. The molecule has 0 saturated carbocycles. The number of rotatable bonds is 6. The molecule has 5 nitrogen and oxygen atoms in total. The molecule has 0 aliphatic carbocycles. The molecule has 0 bridgehead atoms. The van der Waals surface area contributed by atoms with E-state index in [0.29, 0.717) is 16.4 Å². The summed E-state index contributed by atoms with van der Waals surface area (Å²) in [7, 11) is 3.89. The minimum atomic E-state index is -0.252. The Morgan fingerprint density at radius 2 is 1.81 bits per heavy atom. The second-order valence-corrected chi connectivity index (χ2v) is 7.88. The van der Waals surface area contributed by atoms with E-state index in [1.807, 2.05) is 31.1 Å². The third-order valence-corrected chi connectivity index (χ3v) is 5.59. The number of aromatic nitrogens is 2. The summed E-state index contributed by atoms with van der Waals surface area (Å²) in [5.41, 5.74) is 2.58. The minimum absolute atomic E-state index is 0.221. The largest absolute Gasteiger partial charge is 0.378 e. The molecule has 26 heavy (non-hydrogen) atoms. The normalized spacial score (nSPS) is 10.6. The number of carbonyl (C=O) groups excluding carboxylic acids is 1. The number of hydrogen-bond acceptors (Lipinski definition) is 6. The molecule has 0 unspecified atom stereocenters. The summed E-state index contributed by atoms with van der Waals surface area (Å²) in [5.74, 6) is 0.189. The van der Waals surface area contributed by atoms with Crippen molar-refractivity contribution < 1.29 is 9.18 Å². The number of hydrogen-bond donors (Lipinski definition) is 1. The van der Waals surface area contributed by atoms with Crippen molar-refractivity contribution >= 4 is 39.8 Å². The highest BCUT2D eigenvalue weighted by Crippen LogP contribution is 2.28. The zero-order valence-electron chi connectivity index (χ0n) is 14.3. The highest BCUT2D eigenvalue weighted by atomic mass is 32.2. The molecule has 0 aliphatic rings. The Bertz CT molecular complexity index is 879. The summed E-state index contributed by atoms with van der Waals surface area (Å²) in [6.45, 7) is 0. The van der Waals surface area contributed by atoms with E-state index in [4.69, 9.17) is 0 Å². The number of anilines is 2. The van der Waals surface area contributed by atoms with Crippen LogP contribution in [-0.2, 0) is 5.75 Å². The van der Waals surface area contributed by atoms with Gasteiger partial charge in [0.05, 0.1) is 0 Å². The van der Waals surface area contributed by atoms with Crippen molar-refractivity contribution in [3.8, 4) is 0 Å². The van der Waals surface area contributed by atoms with Crippen LogP contribution in [0.15, 0.2) is 52.9 Å². The van der Waals surface area contributed by atoms with Crippen LogP contribution in [0.3, 0.4) is 0 Å². The molecule has 0 atom stereocenters. The van der Waals surface area contributed by atoms with E-state index in [0.717, 1.165) is 15.6 Å². The van der Waals surface area contributed by atoms with Crippen LogP contribution in [-0.4, -0.2) is 30.2 Å². The third kappa shape index (κ3) is 4.80. The predicted molar refractivity (Wildman–Crippen MR) is 105 cm³/mol. The lowest BCUT2D eigenvalue weighted by Gasteiger charge is -2.12. The van der Waals surface area contributed by atoms with Crippen LogP contribution in [0.5, 0.6) is 0 Å². The summed E-state index contributed by atoms with van der Waals surface area (Å²) in [6, 6.07) is 13.7. The second kappa shape index (κ2) is 8.29. The number of nitrogens with one attached hydrogen (secondary N) is 1. The summed E-state index contributed by atoms with van der Waals surface area (Å²) in [5, 5.41) is 11.3. The van der Waals surface area contributed by atoms with Gasteiger partial charge in [0.15, 0.2) is 4.34 Å². The van der Waals surface area contributed by atoms with Gasteiger partial charge in [-0.3, -0.25) is 10.1 Å². The standard InChI is InChI=1S/C18H17FN4OS2/c1-23(2)15-9-5-13(6-10-15)16(24)20-17-21-22-18(26-17)25-11-12-3-7-14(19)8-4-12/h3-10H,11H2,1-2H3,(H,20,21,24). The fourth-order valence-electron chi connectivity index (χ4n) is 2.12. The lowest BCUT2D eigenvalue weighted by molar-refractivity contribution is 0.102. The van der Waals surface area contributed by atoms with Crippen LogP contribution in [0.25, 0.3) is 0 Å². The first-order chi connectivity index (χ1) is 12.5. The second-order valence-electron chi connectivity index (χ2n) is 5.68. The highest BCUT2D eigenvalue weighted by Gasteiger charge is 2.11.